The molecule has 0 aliphatic rings. The van der Waals surface area contributed by atoms with Crippen LogP contribution in [0.5, 0.6) is 0 Å². The molecule has 0 heterocycles. The van der Waals surface area contributed by atoms with Gasteiger partial charge in [0.05, 0.1) is 0 Å². The summed E-state index contributed by atoms with van der Waals surface area (Å²) in [7, 11) is 0. The van der Waals surface area contributed by atoms with Gasteiger partial charge in [-0.25, -0.2) is 0 Å². The van der Waals surface area contributed by atoms with Crippen LogP contribution in [0.3, 0.4) is 0 Å². The number of benzene rings is 2. The van der Waals surface area contributed by atoms with E-state index in [-0.39, 0.29) is 0 Å². The van der Waals surface area contributed by atoms with Crippen LogP contribution in [0.1, 0.15) is 47.2 Å². The number of rotatable bonds is 3. The first-order chi connectivity index (χ1) is 11.2. The minimum atomic E-state index is 1.01. The van der Waals surface area contributed by atoms with Gasteiger partial charge in [-0.1, -0.05) is 13.8 Å². The predicted octanol–water partition coefficient (Wildman–Crippen LogP) is 8.76. The first kappa shape index (κ1) is 20.7. The van der Waals surface area contributed by atoms with Gasteiger partial charge in [0.2, 0.25) is 0 Å². The first-order valence-corrected chi connectivity index (χ1v) is 11.3. The molecule has 0 amide bonds. The normalized spacial score (nSPS) is 11.2. The van der Waals surface area contributed by atoms with E-state index >= 15 is 0 Å². The van der Waals surface area contributed by atoms with Crippen LogP contribution in [0.25, 0.3) is 11.1 Å². The topological polar surface area (TPSA) is 0 Å². The molecule has 24 heavy (non-hydrogen) atoms. The average molecular weight is 582 g/mol. The van der Waals surface area contributed by atoms with Crippen molar-refractivity contribution < 1.29 is 0 Å². The van der Waals surface area contributed by atoms with E-state index in [0.717, 1.165) is 21.8 Å². The van der Waals surface area contributed by atoms with Crippen LogP contribution in [0, 0.1) is 27.7 Å². The molecule has 0 atom stereocenters. The molecule has 0 saturated carbocycles. The molecule has 2 rings (SSSR count). The molecule has 0 aliphatic heterocycles. The summed E-state index contributed by atoms with van der Waals surface area (Å²) in [6, 6.07) is 0. The lowest BCUT2D eigenvalue weighted by Gasteiger charge is -2.23. The Bertz CT molecular complexity index is 750. The molecule has 0 aliphatic carbocycles. The fourth-order valence-corrected chi connectivity index (χ4v) is 7.13. The van der Waals surface area contributed by atoms with Crippen molar-refractivity contribution in [2.75, 3.05) is 0 Å². The van der Waals surface area contributed by atoms with Gasteiger partial charge >= 0.3 is 0 Å². The highest BCUT2D eigenvalue weighted by Crippen LogP contribution is 2.49. The van der Waals surface area contributed by atoms with Crippen molar-refractivity contribution in [1.29, 1.82) is 0 Å². The smallest absolute Gasteiger partial charge is 0.0300 e. The van der Waals surface area contributed by atoms with E-state index in [0.29, 0.717) is 0 Å². The van der Waals surface area contributed by atoms with Crippen LogP contribution in [0.15, 0.2) is 17.9 Å². The van der Waals surface area contributed by atoms with Crippen molar-refractivity contribution in [2.45, 2.75) is 54.4 Å². The lowest BCUT2D eigenvalue weighted by Crippen LogP contribution is -2.02. The fourth-order valence-electron chi connectivity index (χ4n) is 3.26. The monoisotopic (exact) mass is 578 g/mol. The van der Waals surface area contributed by atoms with Gasteiger partial charge in [0.15, 0.2) is 0 Å². The van der Waals surface area contributed by atoms with Crippen LogP contribution in [0.4, 0.5) is 0 Å². The molecule has 130 valence electrons. The molecule has 0 spiro atoms. The summed E-state index contributed by atoms with van der Waals surface area (Å²) in [6.07, 6.45) is 2.02. The molecular formula is C20H22Br4. The second-order valence-electron chi connectivity index (χ2n) is 6.17. The van der Waals surface area contributed by atoms with Gasteiger partial charge < -0.3 is 0 Å². The summed E-state index contributed by atoms with van der Waals surface area (Å²) >= 11 is 15.5. The minimum absolute atomic E-state index is 1.01. The summed E-state index contributed by atoms with van der Waals surface area (Å²) in [5, 5.41) is 0. The number of halogens is 4. The van der Waals surface area contributed by atoms with Gasteiger partial charge in [0, 0.05) is 29.0 Å². The van der Waals surface area contributed by atoms with E-state index in [4.69, 9.17) is 0 Å². The van der Waals surface area contributed by atoms with E-state index in [1.165, 1.54) is 53.5 Å². The van der Waals surface area contributed by atoms with Gasteiger partial charge in [-0.3, -0.25) is 0 Å². The van der Waals surface area contributed by atoms with E-state index in [2.05, 4.69) is 105 Å². The zero-order valence-corrected chi connectivity index (χ0v) is 21.3. The van der Waals surface area contributed by atoms with Crippen molar-refractivity contribution in [3.05, 3.63) is 51.3 Å². The summed E-state index contributed by atoms with van der Waals surface area (Å²) < 4.78 is 4.70. The molecule has 0 N–H and O–H groups in total. The Balaban J connectivity index is 3.03. The maximum atomic E-state index is 3.90. The van der Waals surface area contributed by atoms with Crippen molar-refractivity contribution in [2.24, 2.45) is 0 Å². The Hall–Kier alpha value is 0.360. The quantitative estimate of drug-likeness (QED) is 0.340. The third-order valence-electron chi connectivity index (χ3n) is 5.05. The molecule has 0 saturated heterocycles. The first-order valence-electron chi connectivity index (χ1n) is 8.13. The molecule has 0 unspecified atom stereocenters. The fraction of sp³-hybridized carbons (Fsp3) is 0.400. The molecular weight excluding hydrogens is 560 g/mol. The molecule has 0 nitrogen and oxygen atoms in total. The lowest BCUT2D eigenvalue weighted by molar-refractivity contribution is 1.07. The second kappa shape index (κ2) is 7.94. The van der Waals surface area contributed by atoms with E-state index in [1.807, 2.05) is 0 Å². The van der Waals surface area contributed by atoms with E-state index < -0.39 is 0 Å². The van der Waals surface area contributed by atoms with Crippen LogP contribution in [-0.4, -0.2) is 0 Å². The summed E-state index contributed by atoms with van der Waals surface area (Å²) in [5.74, 6) is 0. The Labute approximate surface area is 179 Å². The zero-order valence-electron chi connectivity index (χ0n) is 14.9. The van der Waals surface area contributed by atoms with Gasteiger partial charge in [0.1, 0.15) is 0 Å². The SMILES string of the molecule is CCc1c(C)c(C)c(Br)c(-c2c(Br)c(C)c(C)c(CC)c2Br)c1Br. The maximum absolute atomic E-state index is 3.90. The number of hydrogen-bond acceptors (Lipinski definition) is 0. The van der Waals surface area contributed by atoms with Crippen LogP contribution >= 0.6 is 63.7 Å². The van der Waals surface area contributed by atoms with Gasteiger partial charge in [-0.2, -0.15) is 0 Å². The van der Waals surface area contributed by atoms with E-state index in [9.17, 15) is 0 Å². The Morgan fingerprint density at radius 1 is 0.500 bits per heavy atom. The zero-order chi connectivity index (χ0) is 18.3. The van der Waals surface area contributed by atoms with Crippen LogP contribution < -0.4 is 0 Å². The highest BCUT2D eigenvalue weighted by Gasteiger charge is 2.24. The molecule has 0 fully saturated rings. The third kappa shape index (κ3) is 3.21. The summed E-state index contributed by atoms with van der Waals surface area (Å²) in [6.45, 7) is 13.2. The largest absolute Gasteiger partial charge is 0.0612 e. The third-order valence-corrected chi connectivity index (χ3v) is 8.79. The van der Waals surface area contributed by atoms with Gasteiger partial charge in [-0.15, -0.1) is 0 Å². The molecule has 2 aromatic rings. The number of hydrogen-bond donors (Lipinski definition) is 0. The molecule has 0 aromatic heterocycles. The molecule has 4 heteroatoms. The highest BCUT2D eigenvalue weighted by atomic mass is 79.9. The van der Waals surface area contributed by atoms with E-state index in [1.54, 1.807) is 0 Å². The Morgan fingerprint density at radius 2 is 0.792 bits per heavy atom. The van der Waals surface area contributed by atoms with Gasteiger partial charge in [-0.05, 0) is 138 Å². The molecule has 2 aromatic carbocycles. The van der Waals surface area contributed by atoms with Crippen molar-refractivity contribution >= 4 is 63.7 Å². The minimum Gasteiger partial charge on any atom is -0.0612 e. The van der Waals surface area contributed by atoms with Crippen molar-refractivity contribution in [1.82, 2.24) is 0 Å². The maximum Gasteiger partial charge on any atom is 0.0300 e. The predicted molar refractivity (Wildman–Crippen MR) is 120 cm³/mol. The summed E-state index contributed by atoms with van der Waals surface area (Å²) in [4.78, 5) is 0. The molecule has 0 bridgehead atoms. The Morgan fingerprint density at radius 3 is 1.04 bits per heavy atom. The molecule has 0 radical (unpaired) electrons. The highest BCUT2D eigenvalue weighted by molar-refractivity contribution is 9.11. The van der Waals surface area contributed by atoms with Crippen LogP contribution in [-0.2, 0) is 12.8 Å². The van der Waals surface area contributed by atoms with Crippen molar-refractivity contribution in [3.8, 4) is 11.1 Å². The van der Waals surface area contributed by atoms with Crippen molar-refractivity contribution in [3.63, 3.8) is 0 Å². The summed E-state index contributed by atoms with van der Waals surface area (Å²) in [5.41, 5.74) is 10.5. The second-order valence-corrected chi connectivity index (χ2v) is 9.34. The van der Waals surface area contributed by atoms with Crippen LogP contribution in [0.2, 0.25) is 0 Å². The Kier molecular flexibility index (Phi) is 6.84. The average Bonchev–Trinajstić information content (AvgIpc) is 2.55. The lowest BCUT2D eigenvalue weighted by atomic mass is 9.90. The van der Waals surface area contributed by atoms with Gasteiger partial charge in [0.25, 0.3) is 0 Å². The standard InChI is InChI=1S/C20H22Br4/c1-7-13-9(3)11(5)17(21)15(19(13)23)16-18(22)12(6)10(4)14(8-2)20(16)24/h7-8H2,1-6H3.